The van der Waals surface area contributed by atoms with Gasteiger partial charge >= 0.3 is 0 Å². The molecule has 0 radical (unpaired) electrons. The van der Waals surface area contributed by atoms with Gasteiger partial charge in [-0.3, -0.25) is 0 Å². The highest BCUT2D eigenvalue weighted by molar-refractivity contribution is 5.48. The summed E-state index contributed by atoms with van der Waals surface area (Å²) in [5.41, 5.74) is 0.734. The van der Waals surface area contributed by atoms with E-state index in [4.69, 9.17) is 0 Å². The summed E-state index contributed by atoms with van der Waals surface area (Å²) in [6, 6.07) is 0. The Morgan fingerprint density at radius 1 is 0.938 bits per heavy atom. The Balaban J connectivity index is 1.58. The van der Waals surface area contributed by atoms with Gasteiger partial charge < -0.3 is 4.79 Å². The van der Waals surface area contributed by atoms with Gasteiger partial charge in [-0.15, -0.1) is 0 Å². The van der Waals surface area contributed by atoms with Crippen LogP contribution in [0.15, 0.2) is 0 Å². The molecule has 0 aromatic heterocycles. The maximum absolute atomic E-state index is 10.3. The second-order valence-electron chi connectivity index (χ2n) is 6.83. The van der Waals surface area contributed by atoms with Crippen LogP contribution in [0.1, 0.15) is 64.2 Å². The molecule has 4 bridgehead atoms. The molecule has 4 aliphatic carbocycles. The van der Waals surface area contributed by atoms with E-state index in [1.807, 2.05) is 0 Å². The Morgan fingerprint density at radius 2 is 1.50 bits per heavy atom. The van der Waals surface area contributed by atoms with E-state index in [1.165, 1.54) is 32.1 Å². The fourth-order valence-corrected chi connectivity index (χ4v) is 5.32. The van der Waals surface area contributed by atoms with Crippen LogP contribution in [0, 0.1) is 23.2 Å². The molecule has 0 unspecified atom stereocenters. The van der Waals surface area contributed by atoms with Crippen molar-refractivity contribution >= 4 is 6.29 Å². The van der Waals surface area contributed by atoms with Gasteiger partial charge in [-0.25, -0.2) is 0 Å². The van der Waals surface area contributed by atoms with Crippen molar-refractivity contribution in [2.75, 3.05) is 0 Å². The second kappa shape index (κ2) is 4.16. The van der Waals surface area contributed by atoms with E-state index in [0.29, 0.717) is 0 Å². The predicted molar refractivity (Wildman–Crippen MR) is 65.1 cm³/mol. The van der Waals surface area contributed by atoms with Crippen LogP contribution in [0.2, 0.25) is 0 Å². The average Bonchev–Trinajstić information content (AvgIpc) is 2.22. The Morgan fingerprint density at radius 3 is 2.00 bits per heavy atom. The van der Waals surface area contributed by atoms with Crippen LogP contribution in [0.3, 0.4) is 0 Å². The molecule has 4 fully saturated rings. The summed E-state index contributed by atoms with van der Waals surface area (Å²) in [7, 11) is 0. The van der Waals surface area contributed by atoms with Crippen LogP contribution in [0.25, 0.3) is 0 Å². The Kier molecular flexibility index (Phi) is 2.81. The summed E-state index contributed by atoms with van der Waals surface area (Å²) in [5.74, 6) is 3.24. The van der Waals surface area contributed by atoms with Gasteiger partial charge in [0.05, 0.1) is 0 Å². The second-order valence-corrected chi connectivity index (χ2v) is 6.83. The predicted octanol–water partition coefficient (Wildman–Crippen LogP) is 3.96. The van der Waals surface area contributed by atoms with Crippen molar-refractivity contribution in [1.82, 2.24) is 0 Å². The fourth-order valence-electron chi connectivity index (χ4n) is 5.32. The largest absolute Gasteiger partial charge is 0.303 e. The van der Waals surface area contributed by atoms with Gasteiger partial charge in [-0.05, 0) is 74.5 Å². The quantitative estimate of drug-likeness (QED) is 0.506. The van der Waals surface area contributed by atoms with Crippen LogP contribution in [-0.4, -0.2) is 6.29 Å². The monoisotopic (exact) mass is 220 g/mol. The van der Waals surface area contributed by atoms with Crippen LogP contribution < -0.4 is 0 Å². The lowest BCUT2D eigenvalue weighted by molar-refractivity contribution is -0.108. The van der Waals surface area contributed by atoms with E-state index in [1.54, 1.807) is 19.3 Å². The molecule has 4 aliphatic rings. The molecule has 0 spiro atoms. The number of aldehydes is 1. The number of rotatable bonds is 5. The summed E-state index contributed by atoms with van der Waals surface area (Å²) in [4.78, 5) is 10.3. The Hall–Kier alpha value is -0.330. The smallest absolute Gasteiger partial charge is 0.119 e. The zero-order valence-electron chi connectivity index (χ0n) is 10.3. The van der Waals surface area contributed by atoms with Gasteiger partial charge in [0.2, 0.25) is 0 Å². The summed E-state index contributed by atoms with van der Waals surface area (Å²) in [5, 5.41) is 0. The van der Waals surface area contributed by atoms with Gasteiger partial charge in [0.25, 0.3) is 0 Å². The standard InChI is InChI=1S/C15H24O/c16-5-3-1-2-4-15-9-12-6-13(10-15)8-14(7-12)11-15/h5,12-14H,1-4,6-11H2. The van der Waals surface area contributed by atoms with Crippen LogP contribution in [-0.2, 0) is 4.79 Å². The van der Waals surface area contributed by atoms with E-state index < -0.39 is 0 Å². The highest BCUT2D eigenvalue weighted by atomic mass is 16.1. The van der Waals surface area contributed by atoms with E-state index >= 15 is 0 Å². The highest BCUT2D eigenvalue weighted by Crippen LogP contribution is 2.61. The van der Waals surface area contributed by atoms with E-state index in [9.17, 15) is 4.79 Å². The molecule has 0 N–H and O–H groups in total. The molecular formula is C15H24O. The van der Waals surface area contributed by atoms with Gasteiger partial charge in [0.1, 0.15) is 6.29 Å². The molecular weight excluding hydrogens is 196 g/mol. The minimum atomic E-state index is 0.734. The highest BCUT2D eigenvalue weighted by Gasteiger charge is 2.50. The third-order valence-electron chi connectivity index (χ3n) is 5.44. The first-order chi connectivity index (χ1) is 7.80. The SMILES string of the molecule is O=CCCCCC12CC3CC(CC(C3)C1)C2. The first-order valence-corrected chi connectivity index (χ1v) is 7.23. The third kappa shape index (κ3) is 1.94. The molecule has 0 atom stereocenters. The van der Waals surface area contributed by atoms with Crippen molar-refractivity contribution in [1.29, 1.82) is 0 Å². The first-order valence-electron chi connectivity index (χ1n) is 7.23. The summed E-state index contributed by atoms with van der Waals surface area (Å²) in [6.45, 7) is 0. The molecule has 90 valence electrons. The van der Waals surface area contributed by atoms with E-state index in [2.05, 4.69) is 0 Å². The molecule has 0 aliphatic heterocycles. The third-order valence-corrected chi connectivity index (χ3v) is 5.44. The lowest BCUT2D eigenvalue weighted by Crippen LogP contribution is -2.45. The number of carbonyl (C=O) groups excluding carboxylic acids is 1. The minimum Gasteiger partial charge on any atom is -0.303 e. The van der Waals surface area contributed by atoms with Crippen molar-refractivity contribution in [2.24, 2.45) is 23.2 Å². The van der Waals surface area contributed by atoms with Gasteiger partial charge in [-0.2, -0.15) is 0 Å². The number of unbranched alkanes of at least 4 members (excludes halogenated alkanes) is 2. The maximum atomic E-state index is 10.3. The molecule has 0 amide bonds. The van der Waals surface area contributed by atoms with Crippen LogP contribution in [0.4, 0.5) is 0 Å². The lowest BCUT2D eigenvalue weighted by Gasteiger charge is -2.57. The minimum absolute atomic E-state index is 0.734. The Labute approximate surface area is 99.0 Å². The van der Waals surface area contributed by atoms with Crippen molar-refractivity contribution in [2.45, 2.75) is 64.2 Å². The number of hydrogen-bond donors (Lipinski definition) is 0. The van der Waals surface area contributed by atoms with Crippen LogP contribution in [0.5, 0.6) is 0 Å². The molecule has 4 rings (SSSR count). The van der Waals surface area contributed by atoms with E-state index in [0.717, 1.165) is 42.3 Å². The maximum Gasteiger partial charge on any atom is 0.119 e. The zero-order chi connectivity index (χ0) is 11.0. The van der Waals surface area contributed by atoms with Gasteiger partial charge in [0.15, 0.2) is 0 Å². The Bertz CT molecular complexity index is 233. The van der Waals surface area contributed by atoms with Gasteiger partial charge in [-0.1, -0.05) is 6.42 Å². The van der Waals surface area contributed by atoms with Crippen molar-refractivity contribution in [3.05, 3.63) is 0 Å². The van der Waals surface area contributed by atoms with Crippen molar-refractivity contribution < 1.29 is 4.79 Å². The molecule has 16 heavy (non-hydrogen) atoms. The molecule has 0 saturated heterocycles. The summed E-state index contributed by atoms with van der Waals surface area (Å²) in [6.07, 6.45) is 14.9. The topological polar surface area (TPSA) is 17.1 Å². The van der Waals surface area contributed by atoms with E-state index in [-0.39, 0.29) is 0 Å². The molecule has 1 heteroatoms. The molecule has 1 nitrogen and oxygen atoms in total. The molecule has 0 heterocycles. The molecule has 0 aromatic carbocycles. The van der Waals surface area contributed by atoms with Crippen molar-refractivity contribution in [3.63, 3.8) is 0 Å². The number of carbonyl (C=O) groups is 1. The summed E-state index contributed by atoms with van der Waals surface area (Å²) >= 11 is 0. The lowest BCUT2D eigenvalue weighted by atomic mass is 9.48. The normalized spacial score (nSPS) is 44.9. The first kappa shape index (κ1) is 10.8. The van der Waals surface area contributed by atoms with Crippen molar-refractivity contribution in [3.8, 4) is 0 Å². The molecule has 4 saturated carbocycles. The average molecular weight is 220 g/mol. The summed E-state index contributed by atoms with van der Waals surface area (Å²) < 4.78 is 0. The number of hydrogen-bond acceptors (Lipinski definition) is 1. The van der Waals surface area contributed by atoms with Crippen LogP contribution >= 0.6 is 0 Å². The van der Waals surface area contributed by atoms with Gasteiger partial charge in [0, 0.05) is 6.42 Å². The molecule has 0 aromatic rings. The zero-order valence-corrected chi connectivity index (χ0v) is 10.3. The fraction of sp³-hybridized carbons (Fsp3) is 0.933.